The molecule has 2 rings (SSSR count). The van der Waals surface area contributed by atoms with Gasteiger partial charge >= 0.3 is 0 Å². The first kappa shape index (κ1) is 15.0. The molecule has 0 bridgehead atoms. The molecule has 8 heteroatoms. The van der Waals surface area contributed by atoms with Crippen molar-refractivity contribution in [2.45, 2.75) is 43.9 Å². The molecule has 0 atom stereocenters. The Morgan fingerprint density at radius 3 is 2.75 bits per heavy atom. The predicted molar refractivity (Wildman–Crippen MR) is 74.1 cm³/mol. The second kappa shape index (κ2) is 6.34. The average Bonchev–Trinajstić information content (AvgIpc) is 2.94. The van der Waals surface area contributed by atoms with Crippen LogP contribution in [-0.2, 0) is 16.4 Å². The number of aryl methyl sites for hydroxylation is 1. The summed E-state index contributed by atoms with van der Waals surface area (Å²) in [6, 6.07) is 0. The Morgan fingerprint density at radius 2 is 2.10 bits per heavy atom. The van der Waals surface area contributed by atoms with Gasteiger partial charge in [0.15, 0.2) is 15.5 Å². The minimum atomic E-state index is -3.09. The summed E-state index contributed by atoms with van der Waals surface area (Å²) in [7, 11) is -1.58. The van der Waals surface area contributed by atoms with Crippen LogP contribution in [0.2, 0.25) is 0 Å². The maximum absolute atomic E-state index is 12.2. The minimum absolute atomic E-state index is 0.0498. The SMILES string of the molecule is CNC(=O)c1cn(CCS(=O)(=O)C2CCCCC2)nn1. The van der Waals surface area contributed by atoms with Crippen molar-refractivity contribution in [1.82, 2.24) is 20.3 Å². The Labute approximate surface area is 118 Å². The molecule has 0 aliphatic heterocycles. The van der Waals surface area contributed by atoms with E-state index >= 15 is 0 Å². The van der Waals surface area contributed by atoms with Gasteiger partial charge in [-0.05, 0) is 12.8 Å². The molecule has 0 spiro atoms. The van der Waals surface area contributed by atoms with Crippen LogP contribution in [-0.4, -0.2) is 47.4 Å². The molecule has 0 radical (unpaired) electrons. The minimum Gasteiger partial charge on any atom is -0.354 e. The Balaban J connectivity index is 1.94. The van der Waals surface area contributed by atoms with Gasteiger partial charge < -0.3 is 5.32 Å². The molecule has 0 saturated heterocycles. The third kappa shape index (κ3) is 3.56. The van der Waals surface area contributed by atoms with E-state index in [1.807, 2.05) is 0 Å². The topological polar surface area (TPSA) is 94.0 Å². The normalized spacial score (nSPS) is 17.1. The summed E-state index contributed by atoms with van der Waals surface area (Å²) >= 11 is 0. The van der Waals surface area contributed by atoms with Gasteiger partial charge in [0, 0.05) is 7.05 Å². The van der Waals surface area contributed by atoms with Crippen LogP contribution in [0, 0.1) is 0 Å². The Kier molecular flexibility index (Phi) is 4.74. The zero-order valence-electron chi connectivity index (χ0n) is 11.6. The number of carbonyl (C=O) groups is 1. The average molecular weight is 300 g/mol. The summed E-state index contributed by atoms with van der Waals surface area (Å²) in [5.41, 5.74) is 0.197. The van der Waals surface area contributed by atoms with Crippen molar-refractivity contribution >= 4 is 15.7 Å². The zero-order valence-corrected chi connectivity index (χ0v) is 12.4. The number of nitrogens with one attached hydrogen (secondary N) is 1. The number of aromatic nitrogens is 3. The van der Waals surface area contributed by atoms with E-state index in [9.17, 15) is 13.2 Å². The highest BCUT2D eigenvalue weighted by Gasteiger charge is 2.27. The van der Waals surface area contributed by atoms with Gasteiger partial charge in [-0.3, -0.25) is 9.48 Å². The van der Waals surface area contributed by atoms with Crippen molar-refractivity contribution in [3.63, 3.8) is 0 Å². The van der Waals surface area contributed by atoms with Crippen LogP contribution in [0.15, 0.2) is 6.20 Å². The first-order valence-corrected chi connectivity index (χ1v) is 8.58. The lowest BCUT2D eigenvalue weighted by Gasteiger charge is -2.21. The second-order valence-electron chi connectivity index (χ2n) is 5.07. The molecule has 1 saturated carbocycles. The van der Waals surface area contributed by atoms with E-state index in [1.54, 1.807) is 0 Å². The monoisotopic (exact) mass is 300 g/mol. The molecule has 0 unspecified atom stereocenters. The molecule has 1 heterocycles. The van der Waals surface area contributed by atoms with E-state index in [4.69, 9.17) is 0 Å². The van der Waals surface area contributed by atoms with Gasteiger partial charge in [0.25, 0.3) is 5.91 Å². The van der Waals surface area contributed by atoms with Crippen LogP contribution in [0.4, 0.5) is 0 Å². The number of nitrogens with zero attached hydrogens (tertiary/aromatic N) is 3. The molecular weight excluding hydrogens is 280 g/mol. The second-order valence-corrected chi connectivity index (χ2v) is 7.47. The van der Waals surface area contributed by atoms with Crippen molar-refractivity contribution in [1.29, 1.82) is 0 Å². The van der Waals surface area contributed by atoms with Crippen molar-refractivity contribution in [2.75, 3.05) is 12.8 Å². The first-order chi connectivity index (χ1) is 9.53. The summed E-state index contributed by atoms with van der Waals surface area (Å²) < 4.78 is 25.8. The molecular formula is C12H20N4O3S. The largest absolute Gasteiger partial charge is 0.354 e. The number of hydrogen-bond acceptors (Lipinski definition) is 5. The Hall–Kier alpha value is -1.44. The van der Waals surface area contributed by atoms with Crippen LogP contribution in [0.5, 0.6) is 0 Å². The fraction of sp³-hybridized carbons (Fsp3) is 0.750. The summed E-state index contributed by atoms with van der Waals surface area (Å²) in [5, 5.41) is 9.72. The lowest BCUT2D eigenvalue weighted by molar-refractivity contribution is 0.0958. The van der Waals surface area contributed by atoms with Gasteiger partial charge in [-0.1, -0.05) is 24.5 Å². The molecule has 1 aromatic heterocycles. The van der Waals surface area contributed by atoms with E-state index < -0.39 is 9.84 Å². The number of carbonyl (C=O) groups excluding carboxylic acids is 1. The van der Waals surface area contributed by atoms with Crippen molar-refractivity contribution in [3.05, 3.63) is 11.9 Å². The summed E-state index contributed by atoms with van der Waals surface area (Å²) in [5.74, 6) is -0.278. The van der Waals surface area contributed by atoms with Crippen LogP contribution >= 0.6 is 0 Å². The molecule has 1 N–H and O–H groups in total. The highest BCUT2D eigenvalue weighted by Crippen LogP contribution is 2.24. The van der Waals surface area contributed by atoms with Crippen LogP contribution in [0.1, 0.15) is 42.6 Å². The number of hydrogen-bond donors (Lipinski definition) is 1. The van der Waals surface area contributed by atoms with Crippen molar-refractivity contribution in [3.8, 4) is 0 Å². The fourth-order valence-corrected chi connectivity index (χ4v) is 4.28. The maximum Gasteiger partial charge on any atom is 0.273 e. The zero-order chi connectivity index (χ0) is 14.6. The molecule has 1 aliphatic carbocycles. The molecule has 0 aromatic carbocycles. The van der Waals surface area contributed by atoms with E-state index in [1.165, 1.54) is 17.9 Å². The molecule has 20 heavy (non-hydrogen) atoms. The van der Waals surface area contributed by atoms with E-state index in [0.29, 0.717) is 0 Å². The predicted octanol–water partition coefficient (Wildman–Crippen LogP) is 0.385. The first-order valence-electron chi connectivity index (χ1n) is 6.87. The molecule has 1 fully saturated rings. The third-order valence-electron chi connectivity index (χ3n) is 3.66. The highest BCUT2D eigenvalue weighted by atomic mass is 32.2. The van der Waals surface area contributed by atoms with E-state index in [-0.39, 0.29) is 29.1 Å². The lowest BCUT2D eigenvalue weighted by atomic mass is 10.0. The maximum atomic E-state index is 12.2. The Morgan fingerprint density at radius 1 is 1.40 bits per heavy atom. The van der Waals surface area contributed by atoms with Crippen molar-refractivity contribution in [2.24, 2.45) is 0 Å². The smallest absolute Gasteiger partial charge is 0.273 e. The van der Waals surface area contributed by atoms with Gasteiger partial charge in [0.1, 0.15) is 0 Å². The number of amides is 1. The molecule has 1 aromatic rings. The van der Waals surface area contributed by atoms with Gasteiger partial charge in [-0.2, -0.15) is 0 Å². The third-order valence-corrected chi connectivity index (χ3v) is 5.90. The van der Waals surface area contributed by atoms with E-state index in [2.05, 4.69) is 15.6 Å². The van der Waals surface area contributed by atoms with Gasteiger partial charge in [-0.25, -0.2) is 8.42 Å². The molecule has 1 aliphatic rings. The van der Waals surface area contributed by atoms with Crippen molar-refractivity contribution < 1.29 is 13.2 Å². The summed E-state index contributed by atoms with van der Waals surface area (Å²) in [4.78, 5) is 11.3. The van der Waals surface area contributed by atoms with E-state index in [0.717, 1.165) is 32.1 Å². The van der Waals surface area contributed by atoms with Gasteiger partial charge in [0.05, 0.1) is 23.7 Å². The van der Waals surface area contributed by atoms with Crippen LogP contribution in [0.25, 0.3) is 0 Å². The summed E-state index contributed by atoms with van der Waals surface area (Å²) in [6.07, 6.45) is 6.12. The highest BCUT2D eigenvalue weighted by molar-refractivity contribution is 7.92. The van der Waals surface area contributed by atoms with Crippen LogP contribution < -0.4 is 5.32 Å². The lowest BCUT2D eigenvalue weighted by Crippen LogP contribution is -2.28. The molecule has 1 amide bonds. The standard InChI is InChI=1S/C12H20N4O3S/c1-13-12(17)11-9-16(15-14-11)7-8-20(18,19)10-5-3-2-4-6-10/h9-10H,2-8H2,1H3,(H,13,17). The fourth-order valence-electron chi connectivity index (χ4n) is 2.45. The Bertz CT molecular complexity index is 561. The summed E-state index contributed by atoms with van der Waals surface area (Å²) in [6.45, 7) is 0.239. The van der Waals surface area contributed by atoms with Gasteiger partial charge in [0.2, 0.25) is 0 Å². The quantitative estimate of drug-likeness (QED) is 0.848. The molecule has 7 nitrogen and oxygen atoms in total. The molecule has 112 valence electrons. The number of rotatable bonds is 5. The van der Waals surface area contributed by atoms with Crippen LogP contribution in [0.3, 0.4) is 0 Å². The van der Waals surface area contributed by atoms with Gasteiger partial charge in [-0.15, -0.1) is 5.10 Å². The number of sulfone groups is 1.